The average molecular weight is 277 g/mol. The zero-order valence-electron chi connectivity index (χ0n) is 13.2. The summed E-state index contributed by atoms with van der Waals surface area (Å²) in [6.07, 6.45) is 2.96. The molecule has 0 aromatic heterocycles. The van der Waals surface area contributed by atoms with Crippen molar-refractivity contribution in [2.24, 2.45) is 5.73 Å². The van der Waals surface area contributed by atoms with Crippen LogP contribution in [0, 0.1) is 0 Å². The Morgan fingerprint density at radius 2 is 1.65 bits per heavy atom. The van der Waals surface area contributed by atoms with Crippen molar-refractivity contribution < 1.29 is 9.47 Å². The van der Waals surface area contributed by atoms with Gasteiger partial charge in [0, 0.05) is 6.04 Å². The molecule has 0 heterocycles. The Morgan fingerprint density at radius 1 is 1.10 bits per heavy atom. The van der Waals surface area contributed by atoms with Crippen molar-refractivity contribution in [3.05, 3.63) is 23.3 Å². The molecule has 3 heteroatoms. The van der Waals surface area contributed by atoms with Crippen LogP contribution in [0.3, 0.4) is 0 Å². The summed E-state index contributed by atoms with van der Waals surface area (Å²) in [6, 6.07) is 4.34. The van der Waals surface area contributed by atoms with E-state index < -0.39 is 0 Å². The first-order chi connectivity index (χ1) is 9.49. The Labute approximate surface area is 122 Å². The van der Waals surface area contributed by atoms with Crippen LogP contribution in [0.5, 0.6) is 11.5 Å². The maximum absolute atomic E-state index is 6.27. The molecule has 1 aromatic rings. The third-order valence-corrected chi connectivity index (χ3v) is 3.90. The molecule has 1 aliphatic rings. The summed E-state index contributed by atoms with van der Waals surface area (Å²) in [6.45, 7) is 10.1. The molecule has 2 N–H and O–H groups in total. The molecule has 0 spiro atoms. The highest BCUT2D eigenvalue weighted by molar-refractivity contribution is 5.53. The maximum Gasteiger partial charge on any atom is 0.161 e. The second-order valence-electron chi connectivity index (χ2n) is 6.28. The highest BCUT2D eigenvalue weighted by Gasteiger charge is 2.36. The molecule has 3 nitrogen and oxygen atoms in total. The monoisotopic (exact) mass is 277 g/mol. The van der Waals surface area contributed by atoms with E-state index in [-0.39, 0.29) is 11.5 Å². The number of hydrogen-bond donors (Lipinski definition) is 1. The van der Waals surface area contributed by atoms with Gasteiger partial charge in [-0.25, -0.2) is 0 Å². The van der Waals surface area contributed by atoms with E-state index in [1.165, 1.54) is 11.1 Å². The Balaban J connectivity index is 2.38. The molecule has 0 saturated heterocycles. The summed E-state index contributed by atoms with van der Waals surface area (Å²) in [5, 5.41) is 0. The number of nitrogens with two attached hydrogens (primary N) is 1. The molecule has 1 aromatic carbocycles. The highest BCUT2D eigenvalue weighted by atomic mass is 16.5. The van der Waals surface area contributed by atoms with Crippen LogP contribution in [-0.2, 0) is 5.41 Å². The van der Waals surface area contributed by atoms with Gasteiger partial charge in [0.1, 0.15) is 0 Å². The lowest BCUT2D eigenvalue weighted by Gasteiger charge is -2.21. The van der Waals surface area contributed by atoms with Crippen LogP contribution < -0.4 is 15.2 Å². The molecule has 20 heavy (non-hydrogen) atoms. The van der Waals surface area contributed by atoms with Gasteiger partial charge in [0.2, 0.25) is 0 Å². The molecule has 2 rings (SSSR count). The molecule has 0 radical (unpaired) electrons. The number of ether oxygens (including phenoxy) is 2. The average Bonchev–Trinajstić information content (AvgIpc) is 2.63. The van der Waals surface area contributed by atoms with Gasteiger partial charge in [-0.1, -0.05) is 27.7 Å². The predicted octanol–water partition coefficient (Wildman–Crippen LogP) is 3.95. The summed E-state index contributed by atoms with van der Waals surface area (Å²) in [5.41, 5.74) is 8.91. The molecular weight excluding hydrogens is 250 g/mol. The number of fused-ring (bicyclic) bond motifs is 1. The smallest absolute Gasteiger partial charge is 0.161 e. The minimum absolute atomic E-state index is 0.101. The van der Waals surface area contributed by atoms with Gasteiger partial charge in [-0.15, -0.1) is 0 Å². The van der Waals surface area contributed by atoms with Crippen LogP contribution in [0.1, 0.15) is 64.1 Å². The molecule has 0 bridgehead atoms. The van der Waals surface area contributed by atoms with Crippen molar-refractivity contribution in [2.75, 3.05) is 13.2 Å². The second kappa shape index (κ2) is 6.04. The van der Waals surface area contributed by atoms with E-state index in [4.69, 9.17) is 15.2 Å². The summed E-state index contributed by atoms with van der Waals surface area (Å²) >= 11 is 0. The van der Waals surface area contributed by atoms with Crippen LogP contribution in [0.2, 0.25) is 0 Å². The van der Waals surface area contributed by atoms with E-state index in [9.17, 15) is 0 Å². The van der Waals surface area contributed by atoms with Gasteiger partial charge in [-0.3, -0.25) is 0 Å². The number of hydrogen-bond acceptors (Lipinski definition) is 3. The minimum Gasteiger partial charge on any atom is -0.490 e. The van der Waals surface area contributed by atoms with Gasteiger partial charge in [0.15, 0.2) is 11.5 Å². The van der Waals surface area contributed by atoms with E-state index >= 15 is 0 Å². The molecule has 0 fully saturated rings. The molecule has 0 amide bonds. The normalized spacial score (nSPS) is 19.8. The fraction of sp³-hybridized carbons (Fsp3) is 0.647. The molecule has 0 saturated carbocycles. The van der Waals surface area contributed by atoms with Gasteiger partial charge in [-0.05, 0) is 47.9 Å². The van der Waals surface area contributed by atoms with E-state index in [2.05, 4.69) is 39.8 Å². The number of benzene rings is 1. The Hall–Kier alpha value is -1.22. The van der Waals surface area contributed by atoms with Gasteiger partial charge in [-0.2, -0.15) is 0 Å². The van der Waals surface area contributed by atoms with Crippen LogP contribution >= 0.6 is 0 Å². The SMILES string of the molecule is CCCOc1cc2c(cc1OCCC)C(C)(C)C[C@@H]2N. The van der Waals surface area contributed by atoms with Crippen molar-refractivity contribution in [3.63, 3.8) is 0 Å². The van der Waals surface area contributed by atoms with Crippen molar-refractivity contribution >= 4 is 0 Å². The van der Waals surface area contributed by atoms with E-state index in [1.807, 2.05) is 0 Å². The fourth-order valence-corrected chi connectivity index (χ4v) is 2.89. The van der Waals surface area contributed by atoms with Crippen molar-refractivity contribution in [1.82, 2.24) is 0 Å². The largest absolute Gasteiger partial charge is 0.490 e. The van der Waals surface area contributed by atoms with Crippen LogP contribution in [0.25, 0.3) is 0 Å². The summed E-state index contributed by atoms with van der Waals surface area (Å²) < 4.78 is 11.7. The lowest BCUT2D eigenvalue weighted by Crippen LogP contribution is -2.14. The van der Waals surface area contributed by atoms with Gasteiger partial charge in [0.05, 0.1) is 13.2 Å². The van der Waals surface area contributed by atoms with Crippen LogP contribution in [-0.4, -0.2) is 13.2 Å². The first-order valence-corrected chi connectivity index (χ1v) is 7.69. The molecule has 0 unspecified atom stereocenters. The summed E-state index contributed by atoms with van der Waals surface area (Å²) in [4.78, 5) is 0. The Bertz CT molecular complexity index is 468. The molecule has 112 valence electrons. The Kier molecular flexibility index (Phi) is 4.59. The van der Waals surface area contributed by atoms with Gasteiger partial charge < -0.3 is 15.2 Å². The van der Waals surface area contributed by atoms with Crippen LogP contribution in [0.4, 0.5) is 0 Å². The first kappa shape index (κ1) is 15.2. The van der Waals surface area contributed by atoms with Crippen molar-refractivity contribution in [3.8, 4) is 11.5 Å². The Morgan fingerprint density at radius 3 is 2.20 bits per heavy atom. The molecule has 0 aliphatic heterocycles. The third-order valence-electron chi connectivity index (χ3n) is 3.90. The summed E-state index contributed by atoms with van der Waals surface area (Å²) in [7, 11) is 0. The van der Waals surface area contributed by atoms with Gasteiger partial charge >= 0.3 is 0 Å². The predicted molar refractivity (Wildman–Crippen MR) is 82.6 cm³/mol. The second-order valence-corrected chi connectivity index (χ2v) is 6.28. The zero-order chi connectivity index (χ0) is 14.8. The van der Waals surface area contributed by atoms with Crippen molar-refractivity contribution in [1.29, 1.82) is 0 Å². The van der Waals surface area contributed by atoms with E-state index in [0.29, 0.717) is 13.2 Å². The third kappa shape index (κ3) is 2.93. The lowest BCUT2D eigenvalue weighted by molar-refractivity contribution is 0.267. The fourth-order valence-electron chi connectivity index (χ4n) is 2.89. The van der Waals surface area contributed by atoms with E-state index in [1.54, 1.807) is 0 Å². The van der Waals surface area contributed by atoms with E-state index in [0.717, 1.165) is 30.8 Å². The lowest BCUT2D eigenvalue weighted by atomic mass is 9.86. The van der Waals surface area contributed by atoms with Gasteiger partial charge in [0.25, 0.3) is 0 Å². The zero-order valence-corrected chi connectivity index (χ0v) is 13.2. The van der Waals surface area contributed by atoms with Crippen LogP contribution in [0.15, 0.2) is 12.1 Å². The maximum atomic E-state index is 6.27. The first-order valence-electron chi connectivity index (χ1n) is 7.69. The molecule has 1 atom stereocenters. The minimum atomic E-state index is 0.101. The quantitative estimate of drug-likeness (QED) is 0.856. The molecule has 1 aliphatic carbocycles. The highest BCUT2D eigenvalue weighted by Crippen LogP contribution is 2.47. The number of rotatable bonds is 6. The topological polar surface area (TPSA) is 44.5 Å². The van der Waals surface area contributed by atoms with Crippen molar-refractivity contribution in [2.45, 2.75) is 58.4 Å². The standard InChI is InChI=1S/C17H27NO2/c1-5-7-19-15-9-12-13(10-16(15)20-8-6-2)17(3,4)11-14(12)18/h9-10,14H,5-8,11,18H2,1-4H3/t14-/m0/s1. The molecular formula is C17H27NO2. The summed E-state index contributed by atoms with van der Waals surface area (Å²) in [5.74, 6) is 1.70.